The molecule has 0 N–H and O–H groups in total. The molecule has 43 heavy (non-hydrogen) atoms. The maximum atomic E-state index is 14.7. The van der Waals surface area contributed by atoms with E-state index in [9.17, 15) is 18.0 Å². The Morgan fingerprint density at radius 2 is 1.53 bits per heavy atom. The zero-order valence-corrected chi connectivity index (χ0v) is 25.7. The first-order valence-electron chi connectivity index (χ1n) is 14.1. The number of fused-ring (bicyclic) bond motifs is 3. The lowest BCUT2D eigenvalue weighted by atomic mass is 9.73. The van der Waals surface area contributed by atoms with E-state index < -0.39 is 24.0 Å². The minimum absolute atomic E-state index is 0.278. The number of amides is 1. The summed E-state index contributed by atoms with van der Waals surface area (Å²) in [5.41, 5.74) is 4.56. The molecule has 0 bridgehead atoms. The maximum Gasteiger partial charge on any atom is 0.406 e. The number of halogens is 4. The number of hydrogen-bond donors (Lipinski definition) is 0. The van der Waals surface area contributed by atoms with Gasteiger partial charge in [0.25, 0.3) is 0 Å². The van der Waals surface area contributed by atoms with Crippen LogP contribution in [0.3, 0.4) is 0 Å². The molecule has 0 fully saturated rings. The number of methoxy groups -OCH3 is 1. The molecular weight excluding hydrogens is 619 g/mol. The van der Waals surface area contributed by atoms with Gasteiger partial charge in [0.15, 0.2) is 0 Å². The molecule has 0 saturated heterocycles. The van der Waals surface area contributed by atoms with Crippen molar-refractivity contribution in [2.75, 3.05) is 19.0 Å². The topological polar surface area (TPSA) is 38.8 Å². The van der Waals surface area contributed by atoms with Crippen LogP contribution in [0.1, 0.15) is 40.7 Å². The lowest BCUT2D eigenvalue weighted by molar-refractivity contribution is -0.165. The van der Waals surface area contributed by atoms with Crippen molar-refractivity contribution in [3.05, 3.63) is 119 Å². The molecule has 4 aromatic rings. The molecule has 4 nitrogen and oxygen atoms in total. The first-order valence-corrected chi connectivity index (χ1v) is 15.2. The third-order valence-electron chi connectivity index (χ3n) is 7.92. The lowest BCUT2D eigenvalue weighted by Crippen LogP contribution is -2.49. The average Bonchev–Trinajstić information content (AvgIpc) is 3.29. The number of nitrogens with zero attached hydrogens (tertiary/aromatic N) is 1. The van der Waals surface area contributed by atoms with Crippen LogP contribution in [0.2, 0.25) is 0 Å². The van der Waals surface area contributed by atoms with Crippen molar-refractivity contribution < 1.29 is 27.4 Å². The first-order chi connectivity index (χ1) is 20.7. The normalized spacial score (nSPS) is 13.3. The number of benzene rings is 4. The fourth-order valence-corrected chi connectivity index (χ4v) is 6.23. The Labute approximate surface area is 258 Å². The number of hydrogen-bond acceptors (Lipinski definition) is 3. The van der Waals surface area contributed by atoms with E-state index in [1.165, 1.54) is 7.11 Å². The molecule has 5 rings (SSSR count). The van der Waals surface area contributed by atoms with Gasteiger partial charge in [-0.2, -0.15) is 13.2 Å². The van der Waals surface area contributed by atoms with Gasteiger partial charge in [0.2, 0.25) is 5.91 Å². The Kier molecular flexibility index (Phi) is 9.16. The van der Waals surface area contributed by atoms with Gasteiger partial charge in [0, 0.05) is 23.5 Å². The second-order valence-corrected chi connectivity index (χ2v) is 11.6. The van der Waals surface area contributed by atoms with Crippen molar-refractivity contribution in [3.8, 4) is 22.6 Å². The molecule has 0 heterocycles. The summed E-state index contributed by atoms with van der Waals surface area (Å²) < 4.78 is 53.8. The zero-order valence-electron chi connectivity index (χ0n) is 24.1. The highest BCUT2D eigenvalue weighted by atomic mass is 79.9. The standard InChI is InChI=1S/C35H33BrF3NO3/c1-24-12-14-25(15-13-24)22-43-27-17-16-26(32(20-27)42-2)21-40(23-35(37,38)39)33(41)34(18-7-19-36)30-10-5-3-8-28(30)29-9-4-6-11-31(29)34/h3-6,8-17,20H,7,18-19,21-23H2,1-2H3. The first kappa shape index (κ1) is 30.7. The van der Waals surface area contributed by atoms with E-state index in [1.54, 1.807) is 18.2 Å². The van der Waals surface area contributed by atoms with Crippen molar-refractivity contribution in [2.24, 2.45) is 0 Å². The number of rotatable bonds is 11. The highest BCUT2D eigenvalue weighted by Crippen LogP contribution is 2.52. The highest BCUT2D eigenvalue weighted by Gasteiger charge is 2.51. The molecule has 0 unspecified atom stereocenters. The van der Waals surface area contributed by atoms with Crippen molar-refractivity contribution in [2.45, 2.75) is 44.5 Å². The van der Waals surface area contributed by atoms with Crippen LogP contribution in [0.5, 0.6) is 11.5 Å². The number of carbonyl (C=O) groups is 1. The van der Waals surface area contributed by atoms with Gasteiger partial charge in [-0.05, 0) is 59.7 Å². The summed E-state index contributed by atoms with van der Waals surface area (Å²) >= 11 is 3.47. The van der Waals surface area contributed by atoms with E-state index in [0.29, 0.717) is 41.8 Å². The summed E-state index contributed by atoms with van der Waals surface area (Å²) in [5, 5.41) is 0.615. The van der Waals surface area contributed by atoms with Crippen LogP contribution >= 0.6 is 15.9 Å². The summed E-state index contributed by atoms with van der Waals surface area (Å²) in [4.78, 5) is 15.6. The second-order valence-electron chi connectivity index (χ2n) is 10.8. The minimum Gasteiger partial charge on any atom is -0.496 e. The molecule has 1 aliphatic rings. The maximum absolute atomic E-state index is 14.7. The predicted molar refractivity (Wildman–Crippen MR) is 166 cm³/mol. The average molecular weight is 653 g/mol. The fraction of sp³-hybridized carbons (Fsp3) is 0.286. The van der Waals surface area contributed by atoms with Crippen LogP contribution in [0.25, 0.3) is 11.1 Å². The van der Waals surface area contributed by atoms with Gasteiger partial charge < -0.3 is 14.4 Å². The number of carbonyl (C=O) groups excluding carboxylic acids is 1. The minimum atomic E-state index is -4.60. The third kappa shape index (κ3) is 6.44. The smallest absolute Gasteiger partial charge is 0.406 e. The van der Waals surface area contributed by atoms with Gasteiger partial charge in [-0.1, -0.05) is 94.3 Å². The summed E-state index contributed by atoms with van der Waals surface area (Å²) in [6.07, 6.45) is -3.64. The van der Waals surface area contributed by atoms with E-state index >= 15 is 0 Å². The zero-order chi connectivity index (χ0) is 30.6. The fourth-order valence-electron chi connectivity index (χ4n) is 5.95. The van der Waals surface area contributed by atoms with Crippen molar-refractivity contribution in [1.82, 2.24) is 4.90 Å². The lowest BCUT2D eigenvalue weighted by Gasteiger charge is -2.37. The van der Waals surface area contributed by atoms with Gasteiger partial charge in [-0.3, -0.25) is 4.79 Å². The monoisotopic (exact) mass is 651 g/mol. The van der Waals surface area contributed by atoms with Crippen molar-refractivity contribution >= 4 is 21.8 Å². The highest BCUT2D eigenvalue weighted by molar-refractivity contribution is 9.09. The predicted octanol–water partition coefficient (Wildman–Crippen LogP) is 8.62. The number of alkyl halides is 4. The third-order valence-corrected chi connectivity index (χ3v) is 8.48. The van der Waals surface area contributed by atoms with E-state index in [0.717, 1.165) is 38.3 Å². The molecule has 1 aliphatic carbocycles. The van der Waals surface area contributed by atoms with Crippen LogP contribution in [-0.4, -0.2) is 36.0 Å². The Bertz CT molecular complexity index is 1540. The van der Waals surface area contributed by atoms with Crippen LogP contribution in [-0.2, 0) is 23.4 Å². The van der Waals surface area contributed by atoms with E-state index in [2.05, 4.69) is 15.9 Å². The van der Waals surface area contributed by atoms with Gasteiger partial charge in [-0.15, -0.1) is 0 Å². The summed E-state index contributed by atoms with van der Waals surface area (Å²) in [5.74, 6) is 0.287. The van der Waals surface area contributed by atoms with Crippen LogP contribution < -0.4 is 9.47 Å². The van der Waals surface area contributed by atoms with E-state index in [-0.39, 0.29) is 6.54 Å². The van der Waals surface area contributed by atoms with Gasteiger partial charge in [-0.25, -0.2) is 0 Å². The van der Waals surface area contributed by atoms with E-state index in [4.69, 9.17) is 9.47 Å². The molecular formula is C35H33BrF3NO3. The molecule has 0 saturated carbocycles. The molecule has 0 aromatic heterocycles. The number of aryl methyl sites for hydroxylation is 1. The molecule has 0 spiro atoms. The molecule has 4 aromatic carbocycles. The Morgan fingerprint density at radius 1 is 0.907 bits per heavy atom. The molecule has 8 heteroatoms. The Hall–Kier alpha value is -3.78. The Balaban J connectivity index is 1.50. The van der Waals surface area contributed by atoms with Gasteiger partial charge in [0.05, 0.1) is 7.11 Å². The van der Waals surface area contributed by atoms with Crippen molar-refractivity contribution in [1.29, 1.82) is 0 Å². The molecule has 0 atom stereocenters. The van der Waals surface area contributed by atoms with Crippen molar-refractivity contribution in [3.63, 3.8) is 0 Å². The van der Waals surface area contributed by atoms with Crippen LogP contribution in [0, 0.1) is 6.92 Å². The summed E-state index contributed by atoms with van der Waals surface area (Å²) in [7, 11) is 1.46. The van der Waals surface area contributed by atoms with E-state index in [1.807, 2.05) is 79.7 Å². The Morgan fingerprint density at radius 3 is 2.12 bits per heavy atom. The quantitative estimate of drug-likeness (QED) is 0.152. The van der Waals surface area contributed by atoms with Gasteiger partial charge in [0.1, 0.15) is 30.1 Å². The van der Waals surface area contributed by atoms with Crippen LogP contribution in [0.4, 0.5) is 13.2 Å². The van der Waals surface area contributed by atoms with Gasteiger partial charge >= 0.3 is 6.18 Å². The summed E-state index contributed by atoms with van der Waals surface area (Å²) in [6, 6.07) is 28.0. The SMILES string of the molecule is COc1cc(OCc2ccc(C)cc2)ccc1CN(CC(F)(F)F)C(=O)C1(CCCBr)c2ccccc2-c2ccccc21. The van der Waals surface area contributed by atoms with Crippen LogP contribution in [0.15, 0.2) is 91.0 Å². The molecule has 1 amide bonds. The molecule has 0 radical (unpaired) electrons. The molecule has 0 aliphatic heterocycles. The largest absolute Gasteiger partial charge is 0.496 e. The molecule has 224 valence electrons. The number of ether oxygens (including phenoxy) is 2. The second kappa shape index (κ2) is 12.8. The summed E-state index contributed by atoms with van der Waals surface area (Å²) in [6.45, 7) is 0.673.